The molecule has 2 aromatic heterocycles. The molecular weight excluding hydrogens is 324 g/mol. The number of nitrogens with zero attached hydrogens (tertiary/aromatic N) is 2. The van der Waals surface area contributed by atoms with E-state index in [0.29, 0.717) is 13.0 Å². The van der Waals surface area contributed by atoms with E-state index in [0.717, 1.165) is 16.3 Å². The number of aliphatic hydroxyl groups is 1. The van der Waals surface area contributed by atoms with E-state index in [1.807, 2.05) is 5.38 Å². The quantitative estimate of drug-likeness (QED) is 0.748. The molecule has 0 spiro atoms. The molecule has 2 heterocycles. The van der Waals surface area contributed by atoms with Crippen molar-refractivity contribution in [3.8, 4) is 0 Å². The van der Waals surface area contributed by atoms with Gasteiger partial charge in [-0.1, -0.05) is 20.8 Å². The summed E-state index contributed by atoms with van der Waals surface area (Å²) in [5.74, 6) is 0. The first kappa shape index (κ1) is 18.4. The number of carbonyl (C=O) groups excluding carboxylic acids is 1. The molecule has 0 aliphatic rings. The van der Waals surface area contributed by atoms with Crippen LogP contribution < -0.4 is 10.6 Å². The monoisotopic (exact) mass is 348 g/mol. The highest BCUT2D eigenvalue weighted by Gasteiger charge is 2.17. The van der Waals surface area contributed by atoms with Gasteiger partial charge in [0.1, 0.15) is 0 Å². The number of carbonyl (C=O) groups is 1. The topological polar surface area (TPSA) is 87.1 Å². The van der Waals surface area contributed by atoms with Gasteiger partial charge in [0.2, 0.25) is 0 Å². The van der Waals surface area contributed by atoms with Gasteiger partial charge < -0.3 is 15.7 Å². The Morgan fingerprint density at radius 2 is 2.00 bits per heavy atom. The predicted molar refractivity (Wildman–Crippen MR) is 95.1 cm³/mol. The first-order valence-electron chi connectivity index (χ1n) is 7.91. The Bertz CT molecular complexity index is 652. The molecular formula is C17H24N4O2S. The summed E-state index contributed by atoms with van der Waals surface area (Å²) in [4.78, 5) is 20.3. The predicted octanol–water partition coefficient (Wildman–Crippen LogP) is 2.41. The Balaban J connectivity index is 1.69. The van der Waals surface area contributed by atoms with Crippen molar-refractivity contribution < 1.29 is 9.90 Å². The number of pyridine rings is 1. The molecule has 0 saturated carbocycles. The summed E-state index contributed by atoms with van der Waals surface area (Å²) in [6, 6.07) is 3.15. The molecule has 1 unspecified atom stereocenters. The Labute approximate surface area is 146 Å². The number of thiazole rings is 1. The van der Waals surface area contributed by atoms with Crippen LogP contribution in [0, 0.1) is 0 Å². The smallest absolute Gasteiger partial charge is 0.314 e. The van der Waals surface area contributed by atoms with Crippen molar-refractivity contribution in [2.45, 2.75) is 38.7 Å². The molecule has 130 valence electrons. The minimum absolute atomic E-state index is 0.0524. The minimum atomic E-state index is -0.744. The number of aromatic nitrogens is 2. The number of nitrogens with one attached hydrogen (secondary N) is 2. The van der Waals surface area contributed by atoms with Crippen molar-refractivity contribution in [2.75, 3.05) is 13.1 Å². The van der Waals surface area contributed by atoms with E-state index in [9.17, 15) is 9.90 Å². The maximum Gasteiger partial charge on any atom is 0.314 e. The fourth-order valence-electron chi connectivity index (χ4n) is 2.03. The van der Waals surface area contributed by atoms with Crippen LogP contribution in [0.2, 0.25) is 0 Å². The molecule has 24 heavy (non-hydrogen) atoms. The highest BCUT2D eigenvalue weighted by atomic mass is 32.1. The first-order valence-corrected chi connectivity index (χ1v) is 8.79. The Kier molecular flexibility index (Phi) is 6.28. The van der Waals surface area contributed by atoms with Gasteiger partial charge in [-0.2, -0.15) is 0 Å². The van der Waals surface area contributed by atoms with E-state index < -0.39 is 6.10 Å². The highest BCUT2D eigenvalue weighted by molar-refractivity contribution is 7.09. The molecule has 0 fully saturated rings. The Morgan fingerprint density at radius 3 is 2.62 bits per heavy atom. The molecule has 0 aliphatic carbocycles. The van der Waals surface area contributed by atoms with Crippen molar-refractivity contribution in [1.29, 1.82) is 0 Å². The van der Waals surface area contributed by atoms with Crippen LogP contribution in [0.4, 0.5) is 4.79 Å². The summed E-state index contributed by atoms with van der Waals surface area (Å²) >= 11 is 1.65. The molecule has 2 rings (SSSR count). The third-order valence-corrected chi connectivity index (χ3v) is 4.72. The maximum atomic E-state index is 11.8. The Morgan fingerprint density at radius 1 is 1.29 bits per heavy atom. The average Bonchev–Trinajstić information content (AvgIpc) is 3.02. The highest BCUT2D eigenvalue weighted by Crippen LogP contribution is 2.25. The molecule has 7 heteroatoms. The number of rotatable bonds is 6. The normalized spacial score (nSPS) is 12.7. The van der Waals surface area contributed by atoms with Gasteiger partial charge >= 0.3 is 6.03 Å². The van der Waals surface area contributed by atoms with E-state index in [1.165, 1.54) is 0 Å². The van der Waals surface area contributed by atoms with Crippen molar-refractivity contribution in [3.05, 3.63) is 46.2 Å². The molecule has 1 atom stereocenters. The third kappa shape index (κ3) is 5.58. The average molecular weight is 348 g/mol. The first-order chi connectivity index (χ1) is 11.4. The van der Waals surface area contributed by atoms with Gasteiger partial charge in [0, 0.05) is 42.7 Å². The maximum absolute atomic E-state index is 11.8. The van der Waals surface area contributed by atoms with E-state index >= 15 is 0 Å². The zero-order valence-corrected chi connectivity index (χ0v) is 15.1. The lowest BCUT2D eigenvalue weighted by atomic mass is 9.98. The number of amides is 2. The number of urea groups is 1. The van der Waals surface area contributed by atoms with E-state index in [2.05, 4.69) is 41.4 Å². The van der Waals surface area contributed by atoms with Crippen LogP contribution in [0.25, 0.3) is 0 Å². The lowest BCUT2D eigenvalue weighted by Gasteiger charge is -2.13. The molecule has 0 aromatic carbocycles. The molecule has 0 radical (unpaired) electrons. The molecule has 2 amide bonds. The molecule has 2 aromatic rings. The Hall–Kier alpha value is -1.99. The van der Waals surface area contributed by atoms with Crippen molar-refractivity contribution in [3.63, 3.8) is 0 Å². The van der Waals surface area contributed by atoms with Crippen LogP contribution in [-0.2, 0) is 11.8 Å². The van der Waals surface area contributed by atoms with E-state index in [1.54, 1.807) is 35.9 Å². The van der Waals surface area contributed by atoms with E-state index in [4.69, 9.17) is 0 Å². The fraction of sp³-hybridized carbons (Fsp3) is 0.471. The van der Waals surface area contributed by atoms with Gasteiger partial charge in [-0.25, -0.2) is 9.78 Å². The second-order valence-corrected chi connectivity index (χ2v) is 7.44. The van der Waals surface area contributed by atoms with Crippen LogP contribution >= 0.6 is 11.3 Å². The number of hydrogen-bond donors (Lipinski definition) is 3. The lowest BCUT2D eigenvalue weighted by molar-refractivity contribution is 0.173. The summed E-state index contributed by atoms with van der Waals surface area (Å²) in [7, 11) is 0. The molecule has 0 saturated heterocycles. The lowest BCUT2D eigenvalue weighted by Crippen LogP contribution is -2.38. The summed E-state index contributed by atoms with van der Waals surface area (Å²) in [6.07, 6.45) is 3.16. The number of hydrogen-bond acceptors (Lipinski definition) is 5. The zero-order chi connectivity index (χ0) is 17.6. The largest absolute Gasteiger partial charge is 0.387 e. The van der Waals surface area contributed by atoms with Gasteiger partial charge in [-0.3, -0.25) is 4.98 Å². The van der Waals surface area contributed by atoms with Crippen molar-refractivity contribution in [1.82, 2.24) is 20.6 Å². The summed E-state index contributed by atoms with van der Waals surface area (Å²) in [6.45, 7) is 7.06. The van der Waals surface area contributed by atoms with Crippen LogP contribution in [0.1, 0.15) is 43.1 Å². The minimum Gasteiger partial charge on any atom is -0.387 e. The summed E-state index contributed by atoms with van der Waals surface area (Å²) < 4.78 is 0. The molecule has 0 aliphatic heterocycles. The number of aliphatic hydroxyl groups excluding tert-OH is 1. The van der Waals surface area contributed by atoms with Crippen molar-refractivity contribution in [2.24, 2.45) is 0 Å². The molecule has 0 bridgehead atoms. The van der Waals surface area contributed by atoms with Crippen LogP contribution in [0.5, 0.6) is 0 Å². The third-order valence-electron chi connectivity index (χ3n) is 3.41. The van der Waals surface area contributed by atoms with Crippen molar-refractivity contribution >= 4 is 17.4 Å². The van der Waals surface area contributed by atoms with Gasteiger partial charge in [-0.15, -0.1) is 11.3 Å². The van der Waals surface area contributed by atoms with Gasteiger partial charge in [-0.05, 0) is 17.7 Å². The standard InChI is InChI=1S/C17H24N4O2S/c1-17(2,3)15-21-13(11-24-15)6-9-19-16(23)20-10-14(22)12-4-7-18-8-5-12/h4-5,7-8,11,14,22H,6,9-10H2,1-3H3,(H2,19,20,23). The van der Waals surface area contributed by atoms with Crippen LogP contribution in [0.15, 0.2) is 29.9 Å². The zero-order valence-electron chi connectivity index (χ0n) is 14.2. The van der Waals surface area contributed by atoms with Crippen LogP contribution in [-0.4, -0.2) is 34.2 Å². The SMILES string of the molecule is CC(C)(C)c1nc(CCNC(=O)NCC(O)c2ccncc2)cs1. The second kappa shape index (κ2) is 8.21. The molecule has 6 nitrogen and oxygen atoms in total. The second-order valence-electron chi connectivity index (χ2n) is 6.58. The van der Waals surface area contributed by atoms with Gasteiger partial charge in [0.05, 0.1) is 16.8 Å². The van der Waals surface area contributed by atoms with Crippen LogP contribution in [0.3, 0.4) is 0 Å². The summed E-state index contributed by atoms with van der Waals surface area (Å²) in [5, 5.41) is 18.5. The summed E-state index contributed by atoms with van der Waals surface area (Å²) in [5.41, 5.74) is 1.76. The van der Waals surface area contributed by atoms with Gasteiger partial charge in [0.15, 0.2) is 0 Å². The van der Waals surface area contributed by atoms with E-state index in [-0.39, 0.29) is 18.0 Å². The molecule has 3 N–H and O–H groups in total. The van der Waals surface area contributed by atoms with Gasteiger partial charge in [0.25, 0.3) is 0 Å². The fourth-order valence-corrected chi connectivity index (χ4v) is 2.97.